The van der Waals surface area contributed by atoms with Crippen LogP contribution in [0.1, 0.15) is 24.2 Å². The van der Waals surface area contributed by atoms with Crippen molar-refractivity contribution >= 4 is 44.9 Å². The minimum atomic E-state index is -0.120. The molecule has 1 N–H and O–H groups in total. The second-order valence-corrected chi connectivity index (χ2v) is 9.70. The van der Waals surface area contributed by atoms with Crippen LogP contribution in [-0.4, -0.2) is 16.1 Å². The van der Waals surface area contributed by atoms with Crippen LogP contribution in [0.3, 0.4) is 0 Å². The number of aromatic nitrogens is 1. The number of benzene rings is 3. The number of thiazole rings is 1. The summed E-state index contributed by atoms with van der Waals surface area (Å²) < 4.78 is 0. The third-order valence-corrected chi connectivity index (χ3v) is 6.72. The smallest absolute Gasteiger partial charge is 0.257 e. The number of rotatable bonds is 4. The van der Waals surface area contributed by atoms with Gasteiger partial charge in [-0.1, -0.05) is 67.6 Å². The maximum Gasteiger partial charge on any atom is 0.257 e. The summed E-state index contributed by atoms with van der Waals surface area (Å²) >= 11 is 3.29. The molecule has 1 aliphatic rings. The van der Waals surface area contributed by atoms with Crippen LogP contribution in [0.15, 0.2) is 65.6 Å². The van der Waals surface area contributed by atoms with Crippen molar-refractivity contribution in [1.82, 2.24) is 4.98 Å². The number of nitrogens with one attached hydrogen (secondary N) is 1. The number of fused-ring (bicyclic) bond motifs is 3. The molecule has 4 aromatic rings. The van der Waals surface area contributed by atoms with Gasteiger partial charge in [-0.3, -0.25) is 10.1 Å². The number of hydrogen-bond donors (Lipinski definition) is 1. The number of amides is 1. The summed E-state index contributed by atoms with van der Waals surface area (Å²) in [4.78, 5) is 19.7. The second-order valence-electron chi connectivity index (χ2n) is 7.05. The lowest BCUT2D eigenvalue weighted by atomic mass is 10.0. The van der Waals surface area contributed by atoms with Crippen LogP contribution in [0, 0.1) is 0 Å². The van der Waals surface area contributed by atoms with Crippen LogP contribution >= 0.6 is 23.1 Å². The van der Waals surface area contributed by atoms with Gasteiger partial charge in [-0.15, -0.1) is 11.8 Å². The summed E-state index contributed by atoms with van der Waals surface area (Å²) in [6, 6.07) is 20.4. The summed E-state index contributed by atoms with van der Waals surface area (Å²) in [6.07, 6.45) is 0. The fourth-order valence-corrected chi connectivity index (χ4v) is 5.52. The second kappa shape index (κ2) is 6.76. The van der Waals surface area contributed by atoms with Gasteiger partial charge >= 0.3 is 0 Å². The van der Waals surface area contributed by atoms with Crippen LogP contribution in [0.4, 0.5) is 5.13 Å². The minimum Gasteiger partial charge on any atom is -0.298 e. The van der Waals surface area contributed by atoms with E-state index in [0.717, 1.165) is 21.0 Å². The summed E-state index contributed by atoms with van der Waals surface area (Å²) in [5, 5.41) is 6.59. The molecule has 0 aliphatic heterocycles. The van der Waals surface area contributed by atoms with Crippen LogP contribution in [0.25, 0.3) is 32.5 Å². The van der Waals surface area contributed by atoms with Gasteiger partial charge in [-0.2, -0.15) is 0 Å². The van der Waals surface area contributed by atoms with E-state index < -0.39 is 0 Å². The van der Waals surface area contributed by atoms with E-state index >= 15 is 0 Å². The lowest BCUT2D eigenvalue weighted by Gasteiger charge is -2.07. The average Bonchev–Trinajstić information content (AvgIpc) is 3.21. The van der Waals surface area contributed by atoms with E-state index in [1.165, 1.54) is 16.3 Å². The van der Waals surface area contributed by atoms with E-state index in [1.54, 1.807) is 23.1 Å². The molecule has 0 atom stereocenters. The molecule has 0 saturated heterocycles. The van der Waals surface area contributed by atoms with E-state index in [0.29, 0.717) is 15.9 Å². The van der Waals surface area contributed by atoms with Crippen molar-refractivity contribution in [3.63, 3.8) is 0 Å². The minimum absolute atomic E-state index is 0.120. The first-order valence-electron chi connectivity index (χ1n) is 9.21. The standard InChI is InChI=1S/C23H18N2OS2/c1-13(2)27-16-9-3-8-15(12-16)22(26)25-23-24-20-17-10-4-6-14-7-5-11-18(19(14)17)21(20)28-23/h3-13H,1-2H3,(H,24,25,26). The molecule has 5 rings (SSSR count). The largest absolute Gasteiger partial charge is 0.298 e. The summed E-state index contributed by atoms with van der Waals surface area (Å²) in [5.74, 6) is -0.120. The maximum absolute atomic E-state index is 12.8. The quantitative estimate of drug-likeness (QED) is 0.340. The Kier molecular flexibility index (Phi) is 4.22. The maximum atomic E-state index is 12.8. The zero-order chi connectivity index (χ0) is 19.3. The van der Waals surface area contributed by atoms with Gasteiger partial charge in [0.05, 0.1) is 10.6 Å². The van der Waals surface area contributed by atoms with Crippen LogP contribution < -0.4 is 5.32 Å². The lowest BCUT2D eigenvalue weighted by Crippen LogP contribution is -2.11. The monoisotopic (exact) mass is 402 g/mol. The zero-order valence-electron chi connectivity index (χ0n) is 15.5. The van der Waals surface area contributed by atoms with Crippen molar-refractivity contribution in [3.8, 4) is 21.7 Å². The molecule has 3 aromatic carbocycles. The average molecular weight is 403 g/mol. The highest BCUT2D eigenvalue weighted by molar-refractivity contribution is 7.99. The molecule has 3 nitrogen and oxygen atoms in total. The molecule has 0 unspecified atom stereocenters. The Hall–Kier alpha value is -2.63. The topological polar surface area (TPSA) is 42.0 Å². The van der Waals surface area contributed by atoms with Crippen molar-refractivity contribution in [2.24, 2.45) is 0 Å². The van der Waals surface area contributed by atoms with Gasteiger partial charge in [0.25, 0.3) is 5.91 Å². The van der Waals surface area contributed by atoms with E-state index in [4.69, 9.17) is 4.98 Å². The Balaban J connectivity index is 1.45. The number of carbonyl (C=O) groups excluding carboxylic acids is 1. The molecule has 28 heavy (non-hydrogen) atoms. The van der Waals surface area contributed by atoms with Crippen molar-refractivity contribution in [2.75, 3.05) is 5.32 Å². The first-order chi connectivity index (χ1) is 13.6. The SMILES string of the molecule is CC(C)Sc1cccc(C(=O)Nc2nc3c(s2)-c2cccc4cccc-3c24)c1. The molecule has 138 valence electrons. The Morgan fingerprint density at radius 3 is 2.57 bits per heavy atom. The highest BCUT2D eigenvalue weighted by atomic mass is 32.2. The molecule has 0 bridgehead atoms. The Labute approximate surface area is 171 Å². The molecule has 0 spiro atoms. The number of carbonyl (C=O) groups is 1. The summed E-state index contributed by atoms with van der Waals surface area (Å²) in [7, 11) is 0. The number of hydrogen-bond acceptors (Lipinski definition) is 4. The van der Waals surface area contributed by atoms with Gasteiger partial charge in [0, 0.05) is 26.8 Å². The fourth-order valence-electron chi connectivity index (χ4n) is 3.62. The molecule has 0 fully saturated rings. The molecule has 1 heterocycles. The van der Waals surface area contributed by atoms with Gasteiger partial charge < -0.3 is 0 Å². The van der Waals surface area contributed by atoms with Gasteiger partial charge in [0.1, 0.15) is 0 Å². The zero-order valence-corrected chi connectivity index (χ0v) is 17.2. The molecule has 5 heteroatoms. The van der Waals surface area contributed by atoms with Crippen molar-refractivity contribution in [2.45, 2.75) is 24.0 Å². The number of anilines is 1. The Bertz CT molecular complexity index is 1170. The van der Waals surface area contributed by atoms with E-state index in [2.05, 4.69) is 55.6 Å². The fraction of sp³-hybridized carbons (Fsp3) is 0.130. The van der Waals surface area contributed by atoms with E-state index in [-0.39, 0.29) is 5.91 Å². The molecular weight excluding hydrogens is 384 g/mol. The van der Waals surface area contributed by atoms with Crippen molar-refractivity contribution in [3.05, 3.63) is 66.2 Å². The van der Waals surface area contributed by atoms with Crippen LogP contribution in [0.2, 0.25) is 0 Å². The van der Waals surface area contributed by atoms with Gasteiger partial charge in [0.2, 0.25) is 0 Å². The molecule has 1 aliphatic carbocycles. The van der Waals surface area contributed by atoms with Gasteiger partial charge in [0.15, 0.2) is 5.13 Å². The van der Waals surface area contributed by atoms with Gasteiger partial charge in [-0.25, -0.2) is 4.98 Å². The van der Waals surface area contributed by atoms with Crippen molar-refractivity contribution < 1.29 is 4.79 Å². The molecular formula is C23H18N2OS2. The predicted octanol–water partition coefficient (Wildman–Crippen LogP) is 6.70. The predicted molar refractivity (Wildman–Crippen MR) is 119 cm³/mol. The molecule has 0 saturated carbocycles. The third-order valence-electron chi connectivity index (χ3n) is 4.72. The summed E-state index contributed by atoms with van der Waals surface area (Å²) in [6.45, 7) is 4.29. The highest BCUT2D eigenvalue weighted by Crippen LogP contribution is 2.50. The molecule has 0 radical (unpaired) electrons. The van der Waals surface area contributed by atoms with Gasteiger partial charge in [-0.05, 0) is 29.0 Å². The lowest BCUT2D eigenvalue weighted by molar-refractivity contribution is 0.102. The normalized spacial score (nSPS) is 11.8. The highest BCUT2D eigenvalue weighted by Gasteiger charge is 2.26. The third kappa shape index (κ3) is 2.91. The molecule has 1 amide bonds. The first-order valence-corrected chi connectivity index (χ1v) is 10.9. The first kappa shape index (κ1) is 17.5. The van der Waals surface area contributed by atoms with Crippen LogP contribution in [-0.2, 0) is 0 Å². The molecule has 1 aromatic heterocycles. The Morgan fingerprint density at radius 2 is 1.79 bits per heavy atom. The van der Waals surface area contributed by atoms with Crippen molar-refractivity contribution in [1.29, 1.82) is 0 Å². The van der Waals surface area contributed by atoms with E-state index in [1.807, 2.05) is 24.3 Å². The Morgan fingerprint density at radius 1 is 1.04 bits per heavy atom. The van der Waals surface area contributed by atoms with Crippen LogP contribution in [0.5, 0.6) is 0 Å². The summed E-state index contributed by atoms with van der Waals surface area (Å²) in [5.41, 5.74) is 3.98. The number of nitrogens with zero attached hydrogens (tertiary/aromatic N) is 1. The van der Waals surface area contributed by atoms with E-state index in [9.17, 15) is 4.79 Å². The number of thioether (sulfide) groups is 1.